The number of benzene rings is 7. The molecular formula is C51H31N3OS. The molecule has 0 fully saturated rings. The molecule has 0 atom stereocenters. The lowest BCUT2D eigenvalue weighted by Gasteiger charge is -2.12. The molecule has 0 aliphatic rings. The molecule has 56 heavy (non-hydrogen) atoms. The van der Waals surface area contributed by atoms with E-state index >= 15 is 0 Å². The molecule has 0 aliphatic carbocycles. The van der Waals surface area contributed by atoms with E-state index in [1.54, 1.807) is 6.20 Å². The van der Waals surface area contributed by atoms with Gasteiger partial charge in [0.15, 0.2) is 5.82 Å². The SMILES string of the molecule is c1ccc(-c2cc(-c3ccc(-c4ccc(-c5cccc6sc7ccccc7c56)c5oc6ccccc6c45)cc3)nc(-c3cccc(-c4cccnc4)c3)n2)cc1. The van der Waals surface area contributed by atoms with Crippen LogP contribution < -0.4 is 0 Å². The summed E-state index contributed by atoms with van der Waals surface area (Å²) in [6.45, 7) is 0. The Hall–Kier alpha value is -7.21. The fourth-order valence-electron chi connectivity index (χ4n) is 7.95. The zero-order valence-electron chi connectivity index (χ0n) is 30.1. The van der Waals surface area contributed by atoms with Crippen molar-refractivity contribution in [3.63, 3.8) is 0 Å². The Morgan fingerprint density at radius 2 is 1.07 bits per heavy atom. The zero-order valence-corrected chi connectivity index (χ0v) is 30.9. The molecular weight excluding hydrogens is 703 g/mol. The van der Waals surface area contributed by atoms with Crippen LogP contribution in [0, 0.1) is 0 Å². The Morgan fingerprint density at radius 1 is 0.411 bits per heavy atom. The summed E-state index contributed by atoms with van der Waals surface area (Å²) in [7, 11) is 0. The fraction of sp³-hybridized carbons (Fsp3) is 0. The molecule has 4 heterocycles. The molecule has 11 aromatic rings. The van der Waals surface area contributed by atoms with E-state index in [0.29, 0.717) is 5.82 Å². The molecule has 0 N–H and O–H groups in total. The minimum absolute atomic E-state index is 0.673. The summed E-state index contributed by atoms with van der Waals surface area (Å²) in [5.74, 6) is 0.673. The van der Waals surface area contributed by atoms with Crippen LogP contribution >= 0.6 is 11.3 Å². The van der Waals surface area contributed by atoms with Crippen LogP contribution in [0.2, 0.25) is 0 Å². The number of hydrogen-bond donors (Lipinski definition) is 0. The van der Waals surface area contributed by atoms with E-state index in [1.807, 2.05) is 47.9 Å². The number of hydrogen-bond acceptors (Lipinski definition) is 5. The number of pyridine rings is 1. The molecule has 0 bridgehead atoms. The third-order valence-corrected chi connectivity index (χ3v) is 11.8. The number of para-hydroxylation sites is 1. The van der Waals surface area contributed by atoms with Crippen molar-refractivity contribution in [3.05, 3.63) is 188 Å². The van der Waals surface area contributed by atoms with Crippen molar-refractivity contribution >= 4 is 53.4 Å². The third-order valence-electron chi connectivity index (χ3n) is 10.6. The molecule has 0 radical (unpaired) electrons. The molecule has 0 unspecified atom stereocenters. The second kappa shape index (κ2) is 13.3. The van der Waals surface area contributed by atoms with Gasteiger partial charge in [-0.25, -0.2) is 9.97 Å². The Kier molecular flexibility index (Phi) is 7.64. The molecule has 0 aliphatic heterocycles. The van der Waals surface area contributed by atoms with Gasteiger partial charge < -0.3 is 4.42 Å². The number of furan rings is 1. The molecule has 7 aromatic carbocycles. The number of nitrogens with zero attached hydrogens (tertiary/aromatic N) is 3. The first-order chi connectivity index (χ1) is 27.7. The van der Waals surface area contributed by atoms with Gasteiger partial charge in [-0.3, -0.25) is 4.98 Å². The molecule has 4 aromatic heterocycles. The van der Waals surface area contributed by atoms with Crippen LogP contribution in [-0.2, 0) is 0 Å². The third kappa shape index (κ3) is 5.48. The summed E-state index contributed by atoms with van der Waals surface area (Å²) in [5.41, 5.74) is 13.1. The predicted molar refractivity (Wildman–Crippen MR) is 233 cm³/mol. The van der Waals surface area contributed by atoms with Crippen LogP contribution in [0.15, 0.2) is 193 Å². The van der Waals surface area contributed by atoms with Crippen molar-refractivity contribution in [1.82, 2.24) is 15.0 Å². The molecule has 5 heteroatoms. The highest BCUT2D eigenvalue weighted by molar-refractivity contribution is 7.25. The average Bonchev–Trinajstić information content (AvgIpc) is 3.86. The Bertz CT molecular complexity index is 3240. The Balaban J connectivity index is 1.04. The van der Waals surface area contributed by atoms with E-state index in [2.05, 4.69) is 151 Å². The Labute approximate surface area is 327 Å². The van der Waals surface area contributed by atoms with Gasteiger partial charge in [-0.2, -0.15) is 0 Å². The van der Waals surface area contributed by atoms with Gasteiger partial charge in [0.2, 0.25) is 0 Å². The second-order valence-electron chi connectivity index (χ2n) is 14.0. The largest absolute Gasteiger partial charge is 0.455 e. The van der Waals surface area contributed by atoms with Gasteiger partial charge in [0, 0.05) is 71.2 Å². The lowest BCUT2D eigenvalue weighted by atomic mass is 9.92. The summed E-state index contributed by atoms with van der Waals surface area (Å²) in [6, 6.07) is 61.7. The highest BCUT2D eigenvalue weighted by atomic mass is 32.1. The average molecular weight is 734 g/mol. The van der Waals surface area contributed by atoms with E-state index in [-0.39, 0.29) is 0 Å². The lowest BCUT2D eigenvalue weighted by Crippen LogP contribution is -1.96. The maximum Gasteiger partial charge on any atom is 0.160 e. The van der Waals surface area contributed by atoms with Gasteiger partial charge in [0.25, 0.3) is 0 Å². The summed E-state index contributed by atoms with van der Waals surface area (Å²) < 4.78 is 9.33. The number of thiophene rings is 1. The van der Waals surface area contributed by atoms with Gasteiger partial charge in [-0.05, 0) is 64.7 Å². The number of aromatic nitrogens is 3. The van der Waals surface area contributed by atoms with Crippen molar-refractivity contribution in [3.8, 4) is 67.3 Å². The first kappa shape index (κ1) is 32.2. The topological polar surface area (TPSA) is 51.8 Å². The second-order valence-corrected chi connectivity index (χ2v) is 15.1. The van der Waals surface area contributed by atoms with Crippen LogP contribution in [0.5, 0.6) is 0 Å². The fourth-order valence-corrected chi connectivity index (χ4v) is 9.09. The predicted octanol–water partition coefficient (Wildman–Crippen LogP) is 14.1. The van der Waals surface area contributed by atoms with Crippen molar-refractivity contribution in [2.75, 3.05) is 0 Å². The van der Waals surface area contributed by atoms with E-state index in [0.717, 1.165) is 77.8 Å². The molecule has 4 nitrogen and oxygen atoms in total. The first-order valence-electron chi connectivity index (χ1n) is 18.7. The summed E-state index contributed by atoms with van der Waals surface area (Å²) >= 11 is 1.84. The summed E-state index contributed by atoms with van der Waals surface area (Å²) in [6.07, 6.45) is 3.67. The Morgan fingerprint density at radius 3 is 1.91 bits per heavy atom. The van der Waals surface area contributed by atoms with Crippen molar-refractivity contribution in [2.45, 2.75) is 0 Å². The summed E-state index contributed by atoms with van der Waals surface area (Å²) in [4.78, 5) is 14.6. The van der Waals surface area contributed by atoms with E-state index < -0.39 is 0 Å². The van der Waals surface area contributed by atoms with Crippen LogP contribution in [-0.4, -0.2) is 15.0 Å². The normalized spacial score (nSPS) is 11.6. The van der Waals surface area contributed by atoms with Crippen LogP contribution in [0.1, 0.15) is 0 Å². The molecule has 11 rings (SSSR count). The maximum absolute atomic E-state index is 6.76. The molecule has 0 amide bonds. The maximum atomic E-state index is 6.76. The van der Waals surface area contributed by atoms with Crippen molar-refractivity contribution in [1.29, 1.82) is 0 Å². The van der Waals surface area contributed by atoms with E-state index in [4.69, 9.17) is 14.4 Å². The molecule has 0 saturated carbocycles. The first-order valence-corrected chi connectivity index (χ1v) is 19.5. The minimum Gasteiger partial charge on any atom is -0.455 e. The van der Waals surface area contributed by atoms with E-state index in [1.165, 1.54) is 25.7 Å². The standard InChI is InChI=1S/C51H31N3OS/c1-2-11-33(12-3-1)43-30-44(54-51(53-43)36-14-8-13-35(29-36)37-15-10-28-52-31-37)34-24-22-32(23-25-34)38-26-27-40(50-49(38)41-16-4-6-19-45(41)55-50)39-18-9-21-47-48(39)42-17-5-7-20-46(42)56-47/h1-31H. The van der Waals surface area contributed by atoms with Gasteiger partial charge in [0.1, 0.15) is 11.2 Å². The van der Waals surface area contributed by atoms with Crippen molar-refractivity contribution < 1.29 is 4.42 Å². The smallest absolute Gasteiger partial charge is 0.160 e. The highest BCUT2D eigenvalue weighted by Crippen LogP contribution is 2.46. The number of rotatable bonds is 6. The minimum atomic E-state index is 0.673. The van der Waals surface area contributed by atoms with Gasteiger partial charge in [-0.1, -0.05) is 133 Å². The summed E-state index contributed by atoms with van der Waals surface area (Å²) in [5, 5.41) is 4.77. The van der Waals surface area contributed by atoms with Crippen LogP contribution in [0.25, 0.3) is 109 Å². The van der Waals surface area contributed by atoms with Crippen LogP contribution in [0.3, 0.4) is 0 Å². The highest BCUT2D eigenvalue weighted by Gasteiger charge is 2.20. The lowest BCUT2D eigenvalue weighted by molar-refractivity contribution is 0.670. The number of fused-ring (bicyclic) bond motifs is 6. The quantitative estimate of drug-likeness (QED) is 0.171. The van der Waals surface area contributed by atoms with Gasteiger partial charge in [0.05, 0.1) is 11.4 Å². The van der Waals surface area contributed by atoms with E-state index in [9.17, 15) is 0 Å². The molecule has 0 spiro atoms. The van der Waals surface area contributed by atoms with Crippen molar-refractivity contribution in [2.24, 2.45) is 0 Å². The zero-order chi connectivity index (χ0) is 37.0. The van der Waals surface area contributed by atoms with Gasteiger partial charge >= 0.3 is 0 Å². The molecule has 0 saturated heterocycles. The van der Waals surface area contributed by atoms with Gasteiger partial charge in [-0.15, -0.1) is 11.3 Å². The van der Waals surface area contributed by atoms with Crippen LogP contribution in [0.4, 0.5) is 0 Å². The molecule has 262 valence electrons. The monoisotopic (exact) mass is 733 g/mol.